The van der Waals surface area contributed by atoms with E-state index < -0.39 is 66.1 Å². The Balaban J connectivity index is 1.53. The van der Waals surface area contributed by atoms with E-state index >= 15 is 0 Å². The molecule has 76 heavy (non-hydrogen) atoms. The molecule has 0 bridgehead atoms. The number of aryl methyl sites for hydroxylation is 1. The zero-order valence-electron chi connectivity index (χ0n) is 48.0. The summed E-state index contributed by atoms with van der Waals surface area (Å²) in [6, 6.07) is 6.33. The molecule has 1 unspecified atom stereocenters. The van der Waals surface area contributed by atoms with Crippen molar-refractivity contribution < 1.29 is 57.6 Å². The molecule has 21 heteroatoms. The summed E-state index contributed by atoms with van der Waals surface area (Å²) in [6.45, 7) is 17.5. The number of nitrogens with zero attached hydrogens (tertiary/aromatic N) is 5. The number of aromatic nitrogens is 1. The standard InChI is InChI=1S/C55H93N9O12/c1-15-37(7)50(44(73-13)33-47(67)64-26-19-22-43(64)51(74-14)38(8)52(68)58-41(16-2)55(71)72)62(12)54(70)48(35(3)4)59-53(69)49(36(5)6)61(11)46(66)24-28-75-30-31-76-29-25-57-45(65)23-27-63-40(34-60(10)56-9)32-39-20-17-18-21-42(39)63/h17-18,20-21,32,35-38,41,43-44,48-51,56H,15-16,19,22-31,33-34H2,1-14H3,(H,57,65)(H,58,68)(H,59,69)(H,71,72)/t37-,38+,41-,43-,44+,48?,49-,50-,51+/m0/s1. The van der Waals surface area contributed by atoms with E-state index in [1.165, 1.54) is 19.1 Å². The van der Waals surface area contributed by atoms with Gasteiger partial charge in [0.2, 0.25) is 35.4 Å². The molecule has 0 aliphatic carbocycles. The predicted molar refractivity (Wildman–Crippen MR) is 290 cm³/mol. The molecule has 0 spiro atoms. The van der Waals surface area contributed by atoms with Gasteiger partial charge in [-0.1, -0.05) is 80.0 Å². The first kappa shape index (κ1) is 65.1. The van der Waals surface area contributed by atoms with Crippen LogP contribution in [-0.4, -0.2) is 195 Å². The second-order valence-corrected chi connectivity index (χ2v) is 20.8. The molecule has 1 aliphatic heterocycles. The Morgan fingerprint density at radius 3 is 2.08 bits per heavy atom. The molecule has 1 aromatic heterocycles. The lowest BCUT2D eigenvalue weighted by atomic mass is 9.89. The number of methoxy groups -OCH3 is 2. The van der Waals surface area contributed by atoms with Crippen molar-refractivity contribution in [1.29, 1.82) is 0 Å². The van der Waals surface area contributed by atoms with Gasteiger partial charge in [-0.2, -0.15) is 0 Å². The molecular formula is C55H93N9O12. The number of para-hydroxylation sites is 1. The van der Waals surface area contributed by atoms with Crippen molar-refractivity contribution in [3.63, 3.8) is 0 Å². The third-order valence-corrected chi connectivity index (χ3v) is 14.9. The van der Waals surface area contributed by atoms with E-state index in [1.807, 2.05) is 72.8 Å². The highest BCUT2D eigenvalue weighted by atomic mass is 16.5. The van der Waals surface area contributed by atoms with Crippen molar-refractivity contribution in [3.8, 4) is 0 Å². The van der Waals surface area contributed by atoms with Gasteiger partial charge in [-0.25, -0.2) is 9.80 Å². The molecule has 0 radical (unpaired) electrons. The van der Waals surface area contributed by atoms with Crippen molar-refractivity contribution in [3.05, 3.63) is 36.0 Å². The molecule has 9 atom stereocenters. The molecule has 5 N–H and O–H groups in total. The fourth-order valence-electron chi connectivity index (χ4n) is 10.2. The minimum absolute atomic E-state index is 0.0144. The van der Waals surface area contributed by atoms with Crippen molar-refractivity contribution >= 4 is 52.3 Å². The van der Waals surface area contributed by atoms with E-state index in [0.29, 0.717) is 58.5 Å². The molecule has 2 heterocycles. The van der Waals surface area contributed by atoms with Gasteiger partial charge in [0.05, 0.1) is 76.0 Å². The number of hydrazine groups is 1. The number of carbonyl (C=O) groups excluding carboxylic acids is 6. The summed E-state index contributed by atoms with van der Waals surface area (Å²) in [5, 5.41) is 21.1. The number of hydrogen-bond acceptors (Lipinski definition) is 13. The fourth-order valence-corrected chi connectivity index (χ4v) is 10.2. The number of fused-ring (bicyclic) bond motifs is 1. The zero-order valence-corrected chi connectivity index (χ0v) is 48.0. The molecule has 2 aromatic rings. The summed E-state index contributed by atoms with van der Waals surface area (Å²) in [5.74, 6) is -4.61. The van der Waals surface area contributed by atoms with Gasteiger partial charge in [-0.3, -0.25) is 34.2 Å². The van der Waals surface area contributed by atoms with E-state index in [4.69, 9.17) is 18.9 Å². The highest BCUT2D eigenvalue weighted by Crippen LogP contribution is 2.30. The number of rotatable bonds is 35. The second kappa shape index (κ2) is 32.5. The van der Waals surface area contributed by atoms with Gasteiger partial charge in [-0.05, 0) is 61.6 Å². The van der Waals surface area contributed by atoms with Crippen LogP contribution in [0.1, 0.15) is 106 Å². The molecule has 1 aromatic carbocycles. The Morgan fingerprint density at radius 2 is 1.49 bits per heavy atom. The second-order valence-electron chi connectivity index (χ2n) is 20.8. The number of nitrogens with one attached hydrogen (secondary N) is 4. The Labute approximate surface area is 451 Å². The number of carboxylic acid groups (broad SMARTS) is 1. The van der Waals surface area contributed by atoms with Crippen LogP contribution in [0, 0.1) is 23.7 Å². The highest BCUT2D eigenvalue weighted by molar-refractivity contribution is 5.92. The van der Waals surface area contributed by atoms with Crippen LogP contribution in [0.3, 0.4) is 0 Å². The van der Waals surface area contributed by atoms with Gasteiger partial charge in [0.1, 0.15) is 18.1 Å². The van der Waals surface area contributed by atoms with Gasteiger partial charge in [0.25, 0.3) is 0 Å². The summed E-state index contributed by atoms with van der Waals surface area (Å²) in [4.78, 5) is 98.8. The molecule has 1 fully saturated rings. The maximum atomic E-state index is 14.6. The van der Waals surface area contributed by atoms with Crippen molar-refractivity contribution in [1.82, 2.24) is 45.7 Å². The number of ether oxygens (including phenoxy) is 4. The molecule has 1 aliphatic rings. The molecule has 21 nitrogen and oxygen atoms in total. The van der Waals surface area contributed by atoms with Crippen LogP contribution in [0.2, 0.25) is 0 Å². The normalized spacial score (nSPS) is 17.0. The van der Waals surface area contributed by atoms with E-state index in [2.05, 4.69) is 44.1 Å². The van der Waals surface area contributed by atoms with Crippen molar-refractivity contribution in [2.45, 2.75) is 156 Å². The highest BCUT2D eigenvalue weighted by Gasteiger charge is 2.44. The van der Waals surface area contributed by atoms with Gasteiger partial charge in [-0.15, -0.1) is 0 Å². The molecule has 3 rings (SSSR count). The SMILES string of the molecule is CC[C@H](NC(=O)[C@H](C)[C@@H](OC)[C@@H]1CCCN1C(=O)C[C@@H](OC)[C@H]([C@@H](C)CC)N(C)C(=O)C(NC(=O)[C@H](C(C)C)N(C)C(=O)CCOCCOCCNC(=O)CCn1c(CN(C)NC)cc2ccccc21)C(C)C)C(=O)O. The quantitative estimate of drug-likeness (QED) is 0.0489. The summed E-state index contributed by atoms with van der Waals surface area (Å²) in [7, 11) is 10.0. The maximum absolute atomic E-state index is 14.6. The maximum Gasteiger partial charge on any atom is 0.326 e. The van der Waals surface area contributed by atoms with E-state index in [-0.39, 0.29) is 80.5 Å². The minimum Gasteiger partial charge on any atom is -0.480 e. The Hall–Kier alpha value is -5.19. The van der Waals surface area contributed by atoms with Gasteiger partial charge < -0.3 is 59.3 Å². The fraction of sp³-hybridized carbons (Fsp3) is 0.727. The Bertz CT molecular complexity index is 2170. The van der Waals surface area contributed by atoms with Crippen LogP contribution >= 0.6 is 0 Å². The number of likely N-dealkylation sites (N-methyl/N-ethyl adjacent to an activating group) is 2. The zero-order chi connectivity index (χ0) is 56.8. The lowest BCUT2D eigenvalue weighted by Gasteiger charge is -2.41. The molecule has 430 valence electrons. The van der Waals surface area contributed by atoms with Gasteiger partial charge in [0, 0.05) is 72.6 Å². The number of carboxylic acids is 1. The van der Waals surface area contributed by atoms with Crippen LogP contribution in [0.15, 0.2) is 30.3 Å². The number of likely N-dealkylation sites (tertiary alicyclic amines) is 1. The number of amides is 6. The van der Waals surface area contributed by atoms with E-state index in [9.17, 15) is 38.7 Å². The predicted octanol–water partition coefficient (Wildman–Crippen LogP) is 3.66. The largest absolute Gasteiger partial charge is 0.480 e. The molecule has 6 amide bonds. The van der Waals surface area contributed by atoms with Crippen LogP contribution in [0.4, 0.5) is 0 Å². The number of aliphatic carboxylic acids is 1. The van der Waals surface area contributed by atoms with Crippen LogP contribution in [-0.2, 0) is 65.6 Å². The smallest absolute Gasteiger partial charge is 0.326 e. The monoisotopic (exact) mass is 1070 g/mol. The van der Waals surface area contributed by atoms with E-state index in [1.54, 1.807) is 37.7 Å². The van der Waals surface area contributed by atoms with Crippen LogP contribution < -0.4 is 21.4 Å². The summed E-state index contributed by atoms with van der Waals surface area (Å²) < 4.78 is 25.4. The average Bonchev–Trinajstić information content (AvgIpc) is 4.02. The lowest BCUT2D eigenvalue weighted by Crippen LogP contribution is -2.60. The van der Waals surface area contributed by atoms with Crippen LogP contribution in [0.5, 0.6) is 0 Å². The van der Waals surface area contributed by atoms with Gasteiger partial charge in [0.15, 0.2) is 0 Å². The minimum atomic E-state index is -1.13. The number of hydrogen-bond donors (Lipinski definition) is 5. The summed E-state index contributed by atoms with van der Waals surface area (Å²) >= 11 is 0. The topological polar surface area (TPSA) is 243 Å². The van der Waals surface area contributed by atoms with Crippen molar-refractivity contribution in [2.75, 3.05) is 81.9 Å². The third kappa shape index (κ3) is 18.5. The third-order valence-electron chi connectivity index (χ3n) is 14.9. The lowest BCUT2D eigenvalue weighted by molar-refractivity contribution is -0.149. The summed E-state index contributed by atoms with van der Waals surface area (Å²) in [5.41, 5.74) is 5.31. The summed E-state index contributed by atoms with van der Waals surface area (Å²) in [6.07, 6.45) is 0.936. The number of benzene rings is 1. The Morgan fingerprint density at radius 1 is 0.816 bits per heavy atom. The molecule has 1 saturated heterocycles. The van der Waals surface area contributed by atoms with Gasteiger partial charge >= 0.3 is 5.97 Å². The first-order chi connectivity index (χ1) is 36.1. The van der Waals surface area contributed by atoms with Crippen LogP contribution in [0.25, 0.3) is 10.9 Å². The average molecular weight is 1070 g/mol. The first-order valence-electron chi connectivity index (χ1n) is 27.2. The Kier molecular flexibility index (Phi) is 27.9. The number of carbonyl (C=O) groups is 7. The first-order valence-corrected chi connectivity index (χ1v) is 27.2. The van der Waals surface area contributed by atoms with Crippen molar-refractivity contribution in [2.24, 2.45) is 23.7 Å². The van der Waals surface area contributed by atoms with E-state index in [0.717, 1.165) is 16.6 Å². The molecular weight excluding hydrogens is 979 g/mol. The molecule has 0 saturated carbocycles.